The molecule has 0 heterocycles. The number of benzene rings is 8. The fraction of sp³-hybridized carbons (Fsp3) is 0.490. The second-order valence-corrected chi connectivity index (χ2v) is 39.5. The zero-order valence-electron chi connectivity index (χ0n) is 69.3. The normalized spacial score (nSPS) is 13.2. The van der Waals surface area contributed by atoms with Gasteiger partial charge in [-0.2, -0.15) is 0 Å². The lowest BCUT2D eigenvalue weighted by Crippen LogP contribution is -2.35. The average molecular weight is 1400 g/mol. The van der Waals surface area contributed by atoms with Crippen LogP contribution in [0.2, 0.25) is 0 Å². The van der Waals surface area contributed by atoms with Crippen LogP contribution in [0.15, 0.2) is 109 Å². The van der Waals surface area contributed by atoms with Crippen molar-refractivity contribution in [2.24, 2.45) is 0 Å². The molecule has 4 heteroatoms. The van der Waals surface area contributed by atoms with Gasteiger partial charge in [-0.25, -0.2) is 0 Å². The number of carbonyl (C=O) groups excluding carboxylic acids is 2. The Morgan fingerprint density at radius 2 is 0.333 bits per heavy atom. The Kier molecular flexibility index (Phi) is 25.1. The monoisotopic (exact) mass is 1400 g/mol. The lowest BCUT2D eigenvalue weighted by Gasteiger charge is -2.37. The molecule has 0 atom stereocenters. The quantitative estimate of drug-likeness (QED) is 0.0565. The summed E-state index contributed by atoms with van der Waals surface area (Å²) in [6.45, 7) is 76.5. The topological polar surface area (TPSA) is 34.1 Å². The summed E-state index contributed by atoms with van der Waals surface area (Å²) in [6, 6.07) is 42.8. The van der Waals surface area contributed by atoms with Crippen LogP contribution in [0.4, 0.5) is 0 Å². The molecule has 0 saturated carbocycles. The Bertz CT molecular complexity index is 3820. The molecule has 9 rings (SSSR count). The minimum absolute atomic E-state index is 0.0941. The van der Waals surface area contributed by atoms with Crippen LogP contribution in [-0.2, 0) is 0 Å². The minimum Gasteiger partial charge on any atom is -0.289 e. The molecule has 0 spiro atoms. The summed E-state index contributed by atoms with van der Waals surface area (Å²) < 4.78 is 0. The third-order valence-electron chi connectivity index (χ3n) is 22.3. The summed E-state index contributed by atoms with van der Waals surface area (Å²) in [5, 5.41) is 9.12. The molecule has 544 valence electrons. The smallest absolute Gasteiger partial charge is 0.194 e. The van der Waals surface area contributed by atoms with Crippen LogP contribution in [0.3, 0.4) is 0 Å². The summed E-state index contributed by atoms with van der Waals surface area (Å²) in [7, 11) is -2.27. The maximum absolute atomic E-state index is 15.5. The van der Waals surface area contributed by atoms with E-state index in [0.717, 1.165) is 22.3 Å². The van der Waals surface area contributed by atoms with Crippen molar-refractivity contribution in [3.05, 3.63) is 220 Å². The molecule has 0 unspecified atom stereocenters. The first kappa shape index (κ1) is 80.1. The molecule has 0 fully saturated rings. The first-order chi connectivity index (χ1) is 47.7. The van der Waals surface area contributed by atoms with Crippen molar-refractivity contribution in [3.63, 3.8) is 0 Å². The van der Waals surface area contributed by atoms with E-state index >= 15 is 9.59 Å². The zero-order chi connectivity index (χ0) is 75.6. The van der Waals surface area contributed by atoms with E-state index in [-0.39, 0.29) is 35.2 Å². The predicted molar refractivity (Wildman–Crippen MR) is 453 cm³/mol. The van der Waals surface area contributed by atoms with Crippen LogP contribution in [0, 0.1) is 0 Å². The fourth-order valence-electron chi connectivity index (χ4n) is 15.9. The molecule has 0 radical (unpaired) electrons. The maximum Gasteiger partial charge on any atom is 0.194 e. The van der Waals surface area contributed by atoms with E-state index < -0.39 is 15.8 Å². The van der Waals surface area contributed by atoms with Gasteiger partial charge in [0, 0.05) is 22.3 Å². The van der Waals surface area contributed by atoms with Crippen LogP contribution in [0.5, 0.6) is 0 Å². The molecule has 1 aliphatic rings. The molecule has 0 bridgehead atoms. The molecule has 0 aromatic heterocycles. The maximum atomic E-state index is 15.5. The van der Waals surface area contributed by atoms with Gasteiger partial charge in [-0.05, 0) is 278 Å². The number of ketones is 2. The van der Waals surface area contributed by atoms with Crippen LogP contribution in [0.1, 0.15) is 437 Å². The molecule has 8 aromatic rings. The first-order valence-electron chi connectivity index (χ1n) is 39.7. The molecule has 0 saturated heterocycles. The summed E-state index contributed by atoms with van der Waals surface area (Å²) in [4.78, 5) is 31.0. The molecule has 102 heavy (non-hydrogen) atoms. The van der Waals surface area contributed by atoms with E-state index in [1.807, 2.05) is 24.3 Å². The fourth-order valence-corrected chi connectivity index (χ4v) is 24.2. The molecule has 1 aliphatic carbocycles. The molecule has 8 aromatic carbocycles. The lowest BCUT2D eigenvalue weighted by atomic mass is 9.81. The second kappa shape index (κ2) is 32.0. The van der Waals surface area contributed by atoms with Gasteiger partial charge in [-0.3, -0.25) is 9.59 Å². The van der Waals surface area contributed by atoms with E-state index in [1.165, 1.54) is 121 Å². The lowest BCUT2D eigenvalue weighted by molar-refractivity contribution is 0.0979. The molecular formula is C98H130O2P2. The Labute approximate surface area is 623 Å². The highest BCUT2D eigenvalue weighted by Gasteiger charge is 2.39. The summed E-state index contributed by atoms with van der Waals surface area (Å²) >= 11 is 0. The number of fused-ring (bicyclic) bond motifs is 2. The highest BCUT2D eigenvalue weighted by Crippen LogP contribution is 2.52. The first-order valence-corrected chi connectivity index (χ1v) is 42.4. The van der Waals surface area contributed by atoms with Gasteiger partial charge in [0.2, 0.25) is 0 Å². The molecule has 0 amide bonds. The van der Waals surface area contributed by atoms with Gasteiger partial charge in [-0.15, -0.1) is 0 Å². The van der Waals surface area contributed by atoms with E-state index in [1.54, 1.807) is 0 Å². The predicted octanol–water partition coefficient (Wildman–Crippen LogP) is 27.3. The zero-order valence-corrected chi connectivity index (χ0v) is 71.1. The SMILES string of the molecule is CC(C)c1cc(C(C)C)c(P(c2c(C(C)C)cc(-c3ccc4c(c3)C(=O)c3ccc(-c5cc(C(C)C)c(P(c6c(C(C)C)cc(C(C)C)cc6C(C)C)c6c(C(C)C)cc(C(C)C)cc6C(C)C)c(C(C)C)c5)cc3C4=O)cc2C(C)C)c2c(C(C)C)cc(C(C)C)cc2C(C)C)c(C(C)C)c1. The largest absolute Gasteiger partial charge is 0.289 e. The van der Waals surface area contributed by atoms with Crippen molar-refractivity contribution in [2.75, 3.05) is 0 Å². The molecular weight excluding hydrogens is 1270 g/mol. The molecule has 2 nitrogen and oxygen atoms in total. The van der Waals surface area contributed by atoms with Gasteiger partial charge in [0.05, 0.1) is 0 Å². The van der Waals surface area contributed by atoms with Gasteiger partial charge in [0.15, 0.2) is 11.6 Å². The highest BCUT2D eigenvalue weighted by molar-refractivity contribution is 7.81. The number of rotatable bonds is 24. The second-order valence-electron chi connectivity index (χ2n) is 35.5. The summed E-state index contributed by atoms with van der Waals surface area (Å²) in [5.74, 6) is 4.63. The van der Waals surface area contributed by atoms with Crippen molar-refractivity contribution in [1.82, 2.24) is 0 Å². The van der Waals surface area contributed by atoms with Gasteiger partial charge < -0.3 is 0 Å². The van der Waals surface area contributed by atoms with Crippen molar-refractivity contribution in [3.8, 4) is 22.3 Å². The van der Waals surface area contributed by atoms with Crippen LogP contribution in [-0.4, -0.2) is 11.6 Å². The van der Waals surface area contributed by atoms with Gasteiger partial charge in [-0.1, -0.05) is 306 Å². The average Bonchev–Trinajstić information content (AvgIpc) is 0.734. The Balaban J connectivity index is 1.26. The van der Waals surface area contributed by atoms with E-state index in [0.29, 0.717) is 93.3 Å². The van der Waals surface area contributed by atoms with Gasteiger partial charge >= 0.3 is 0 Å². The molecule has 0 N–H and O–H groups in total. The number of hydrogen-bond donors (Lipinski definition) is 0. The molecule has 0 aliphatic heterocycles. The minimum atomic E-state index is -1.13. The van der Waals surface area contributed by atoms with Crippen LogP contribution >= 0.6 is 15.8 Å². The Morgan fingerprint density at radius 1 is 0.176 bits per heavy atom. The van der Waals surface area contributed by atoms with Crippen molar-refractivity contribution >= 4 is 59.2 Å². The summed E-state index contributed by atoms with van der Waals surface area (Å²) in [6.07, 6.45) is 0. The van der Waals surface area contributed by atoms with Gasteiger partial charge in [0.25, 0.3) is 0 Å². The number of carbonyl (C=O) groups is 2. The van der Waals surface area contributed by atoms with E-state index in [4.69, 9.17) is 0 Å². The Morgan fingerprint density at radius 3 is 0.480 bits per heavy atom. The van der Waals surface area contributed by atoms with Crippen LogP contribution < -0.4 is 31.8 Å². The Hall–Kier alpha value is -6.04. The third-order valence-corrected chi connectivity index (χ3v) is 28.0. The van der Waals surface area contributed by atoms with E-state index in [9.17, 15) is 0 Å². The number of hydrogen-bond acceptors (Lipinski definition) is 2. The standard InChI is InChI=1S/C98H130O2P2/c1-51(2)69-39-77(55(9)10)93(78(40-69)56(11)12)101(94-79(57(13)14)41-70(52(3)4)42-80(94)58(15)16)97-85(63(25)26)47-73(48-86(97)64(27)28)67-33-35-75-89(37-67)91(99)76-36-34-68(38-90(76)92(75)100)74-49-87(65(29)30)98(88(50-74)66(31)32)102(95-81(59(17)18)43-71(53(5)6)44-82(95)60(19)20)96-83(61(21)22)45-72(54(7)8)46-84(96)62(23)24/h33-66H,1-32H3. The van der Waals surface area contributed by atoms with E-state index in [2.05, 4.69) is 306 Å². The highest BCUT2D eigenvalue weighted by atomic mass is 31.1. The van der Waals surface area contributed by atoms with Crippen molar-refractivity contribution < 1.29 is 9.59 Å². The van der Waals surface area contributed by atoms with Crippen LogP contribution in [0.25, 0.3) is 22.3 Å². The summed E-state index contributed by atoms with van der Waals surface area (Å²) in [5.41, 5.74) is 28.9. The third kappa shape index (κ3) is 15.6. The van der Waals surface area contributed by atoms with Gasteiger partial charge in [0.1, 0.15) is 0 Å². The van der Waals surface area contributed by atoms with Crippen molar-refractivity contribution in [1.29, 1.82) is 0 Å². The van der Waals surface area contributed by atoms with Crippen molar-refractivity contribution in [2.45, 2.75) is 316 Å².